The van der Waals surface area contributed by atoms with Crippen molar-refractivity contribution in [3.8, 4) is 5.69 Å². The van der Waals surface area contributed by atoms with E-state index in [-0.39, 0.29) is 11.6 Å². The monoisotopic (exact) mass is 518 g/mol. The van der Waals surface area contributed by atoms with Crippen LogP contribution in [-0.4, -0.2) is 27.0 Å². The molecule has 39 heavy (non-hydrogen) atoms. The fourth-order valence-corrected chi connectivity index (χ4v) is 5.11. The average molecular weight is 519 g/mol. The summed E-state index contributed by atoms with van der Waals surface area (Å²) in [6.45, 7) is 6.71. The highest BCUT2D eigenvalue weighted by Gasteiger charge is 2.29. The molecule has 2 amide bonds. The summed E-state index contributed by atoms with van der Waals surface area (Å²) in [7, 11) is 0. The molecule has 198 valence electrons. The lowest BCUT2D eigenvalue weighted by molar-refractivity contribution is 0.180. The Morgan fingerprint density at radius 1 is 0.897 bits per heavy atom. The van der Waals surface area contributed by atoms with Gasteiger partial charge in [-0.25, -0.2) is 9.78 Å². The standard InChI is InChI=1S/C33H34N4O2/c1-4-6-22-36(33(39)35-28-17-11-13-24-12-7-8-14-26(24)28)30(5-2)31-34-29-16-10-9-15-27(29)32(38)37(31)25-20-18-23(3)19-21-25/h7-21,30H,4-6,22H2,1-3H3,(H,35,39). The van der Waals surface area contributed by atoms with Gasteiger partial charge in [0.1, 0.15) is 5.82 Å². The molecule has 1 heterocycles. The molecule has 0 saturated heterocycles. The van der Waals surface area contributed by atoms with Crippen molar-refractivity contribution < 1.29 is 4.79 Å². The Labute approximate surface area is 228 Å². The quantitative estimate of drug-likeness (QED) is 0.230. The maximum absolute atomic E-state index is 14.0. The summed E-state index contributed by atoms with van der Waals surface area (Å²) in [5.41, 5.74) is 3.10. The number of hydrogen-bond donors (Lipinski definition) is 1. The molecule has 5 aromatic rings. The van der Waals surface area contributed by atoms with Gasteiger partial charge in [0.25, 0.3) is 5.56 Å². The van der Waals surface area contributed by atoms with Crippen molar-refractivity contribution in [2.45, 2.75) is 46.1 Å². The first-order valence-electron chi connectivity index (χ1n) is 13.7. The smallest absolute Gasteiger partial charge is 0.314 e. The number of anilines is 1. The molecule has 5 rings (SSSR count). The van der Waals surface area contributed by atoms with Crippen LogP contribution in [0.15, 0.2) is 95.8 Å². The van der Waals surface area contributed by atoms with E-state index in [0.29, 0.717) is 29.7 Å². The van der Waals surface area contributed by atoms with Gasteiger partial charge in [-0.3, -0.25) is 9.36 Å². The third-order valence-corrected chi connectivity index (χ3v) is 7.20. The van der Waals surface area contributed by atoms with Gasteiger partial charge in [-0.05, 0) is 55.5 Å². The van der Waals surface area contributed by atoms with Crippen molar-refractivity contribution in [3.63, 3.8) is 0 Å². The van der Waals surface area contributed by atoms with Crippen LogP contribution in [0.1, 0.15) is 50.5 Å². The summed E-state index contributed by atoms with van der Waals surface area (Å²) in [4.78, 5) is 34.7. The molecule has 1 N–H and O–H groups in total. The van der Waals surface area contributed by atoms with E-state index in [0.717, 1.165) is 40.6 Å². The predicted molar refractivity (Wildman–Crippen MR) is 160 cm³/mol. The van der Waals surface area contributed by atoms with Gasteiger partial charge < -0.3 is 10.2 Å². The second kappa shape index (κ2) is 11.5. The Morgan fingerprint density at radius 2 is 1.59 bits per heavy atom. The summed E-state index contributed by atoms with van der Waals surface area (Å²) >= 11 is 0. The Kier molecular flexibility index (Phi) is 7.73. The predicted octanol–water partition coefficient (Wildman–Crippen LogP) is 7.63. The number of benzene rings is 4. The van der Waals surface area contributed by atoms with Crippen LogP contribution in [0.2, 0.25) is 0 Å². The van der Waals surface area contributed by atoms with Crippen molar-refractivity contribution >= 4 is 33.4 Å². The van der Waals surface area contributed by atoms with Crippen molar-refractivity contribution in [1.29, 1.82) is 0 Å². The summed E-state index contributed by atoms with van der Waals surface area (Å²) in [6, 6.07) is 28.6. The van der Waals surface area contributed by atoms with Gasteiger partial charge in [-0.15, -0.1) is 0 Å². The van der Waals surface area contributed by atoms with Gasteiger partial charge in [0.05, 0.1) is 28.3 Å². The zero-order valence-corrected chi connectivity index (χ0v) is 22.7. The molecule has 4 aromatic carbocycles. The van der Waals surface area contributed by atoms with E-state index in [1.54, 1.807) is 4.57 Å². The zero-order valence-electron chi connectivity index (χ0n) is 22.7. The fraction of sp³-hybridized carbons (Fsp3) is 0.242. The fourth-order valence-electron chi connectivity index (χ4n) is 5.11. The number of unbranched alkanes of at least 4 members (excludes halogenated alkanes) is 1. The minimum absolute atomic E-state index is 0.136. The Balaban J connectivity index is 1.64. The van der Waals surface area contributed by atoms with E-state index >= 15 is 0 Å². The molecule has 0 aliphatic carbocycles. The topological polar surface area (TPSA) is 67.2 Å². The summed E-state index contributed by atoms with van der Waals surface area (Å²) in [5.74, 6) is 0.564. The lowest BCUT2D eigenvalue weighted by Gasteiger charge is -2.32. The molecule has 0 aliphatic rings. The second-order valence-corrected chi connectivity index (χ2v) is 9.89. The maximum atomic E-state index is 14.0. The molecule has 0 fully saturated rings. The number of fused-ring (bicyclic) bond motifs is 2. The highest BCUT2D eigenvalue weighted by atomic mass is 16.2. The number of nitrogens with zero attached hydrogens (tertiary/aromatic N) is 3. The van der Waals surface area contributed by atoms with Gasteiger partial charge in [0, 0.05) is 11.9 Å². The molecule has 1 atom stereocenters. The Morgan fingerprint density at radius 3 is 2.33 bits per heavy atom. The number of hydrogen-bond acceptors (Lipinski definition) is 3. The van der Waals surface area contributed by atoms with E-state index in [2.05, 4.69) is 12.2 Å². The van der Waals surface area contributed by atoms with Gasteiger partial charge in [-0.2, -0.15) is 0 Å². The number of aryl methyl sites for hydroxylation is 1. The highest BCUT2D eigenvalue weighted by molar-refractivity contribution is 6.01. The average Bonchev–Trinajstić information content (AvgIpc) is 2.96. The number of para-hydroxylation sites is 1. The van der Waals surface area contributed by atoms with Crippen LogP contribution in [0.3, 0.4) is 0 Å². The molecule has 0 spiro atoms. The van der Waals surface area contributed by atoms with Crippen LogP contribution in [0.5, 0.6) is 0 Å². The first-order chi connectivity index (χ1) is 19.0. The van der Waals surface area contributed by atoms with Gasteiger partial charge >= 0.3 is 6.03 Å². The maximum Gasteiger partial charge on any atom is 0.322 e. The van der Waals surface area contributed by atoms with Crippen LogP contribution in [0.25, 0.3) is 27.4 Å². The lowest BCUT2D eigenvalue weighted by Crippen LogP contribution is -2.41. The molecular weight excluding hydrogens is 484 g/mol. The molecule has 0 saturated carbocycles. The largest absolute Gasteiger partial charge is 0.322 e. The number of carbonyl (C=O) groups excluding carboxylic acids is 1. The van der Waals surface area contributed by atoms with E-state index in [1.165, 1.54) is 0 Å². The third-order valence-electron chi connectivity index (χ3n) is 7.20. The molecular formula is C33H34N4O2. The first-order valence-corrected chi connectivity index (χ1v) is 13.7. The Hall–Kier alpha value is -4.45. The number of nitrogens with one attached hydrogen (secondary N) is 1. The van der Waals surface area contributed by atoms with Crippen LogP contribution < -0.4 is 10.9 Å². The number of amides is 2. The van der Waals surface area contributed by atoms with E-state index in [4.69, 9.17) is 4.98 Å². The number of rotatable bonds is 8. The molecule has 0 bridgehead atoms. The molecule has 6 nitrogen and oxygen atoms in total. The van der Waals surface area contributed by atoms with E-state index in [1.807, 2.05) is 110 Å². The number of carbonyl (C=O) groups is 1. The van der Waals surface area contributed by atoms with Crippen molar-refractivity contribution in [3.05, 3.63) is 113 Å². The van der Waals surface area contributed by atoms with Gasteiger partial charge in [-0.1, -0.05) is 86.5 Å². The highest BCUT2D eigenvalue weighted by Crippen LogP contribution is 2.29. The summed E-state index contributed by atoms with van der Waals surface area (Å²) in [5, 5.41) is 5.77. The van der Waals surface area contributed by atoms with Gasteiger partial charge in [0.2, 0.25) is 0 Å². The SMILES string of the molecule is CCCCN(C(=O)Nc1cccc2ccccc12)C(CC)c1nc2ccccc2c(=O)n1-c1ccc(C)cc1. The second-order valence-electron chi connectivity index (χ2n) is 9.89. The van der Waals surface area contributed by atoms with Crippen molar-refractivity contribution in [2.75, 3.05) is 11.9 Å². The molecule has 1 aromatic heterocycles. The number of aromatic nitrogens is 2. The van der Waals surface area contributed by atoms with Crippen LogP contribution in [0.4, 0.5) is 10.5 Å². The molecule has 0 aliphatic heterocycles. The van der Waals surface area contributed by atoms with E-state index in [9.17, 15) is 9.59 Å². The van der Waals surface area contributed by atoms with E-state index < -0.39 is 6.04 Å². The first kappa shape index (κ1) is 26.2. The molecule has 0 radical (unpaired) electrons. The minimum atomic E-state index is -0.412. The van der Waals surface area contributed by atoms with Crippen LogP contribution >= 0.6 is 0 Å². The van der Waals surface area contributed by atoms with Gasteiger partial charge in [0.15, 0.2) is 0 Å². The van der Waals surface area contributed by atoms with Crippen LogP contribution in [-0.2, 0) is 0 Å². The van der Waals surface area contributed by atoms with Crippen molar-refractivity contribution in [2.24, 2.45) is 0 Å². The normalized spacial score (nSPS) is 12.0. The summed E-state index contributed by atoms with van der Waals surface area (Å²) in [6.07, 6.45) is 2.37. The number of urea groups is 1. The zero-order chi connectivity index (χ0) is 27.4. The van der Waals surface area contributed by atoms with Crippen molar-refractivity contribution in [1.82, 2.24) is 14.5 Å². The summed E-state index contributed by atoms with van der Waals surface area (Å²) < 4.78 is 1.68. The minimum Gasteiger partial charge on any atom is -0.314 e. The lowest BCUT2D eigenvalue weighted by atomic mass is 10.1. The van der Waals surface area contributed by atoms with Crippen LogP contribution in [0, 0.1) is 6.92 Å². The third kappa shape index (κ3) is 5.28. The Bertz CT molecular complexity index is 1670. The molecule has 1 unspecified atom stereocenters. The molecule has 6 heteroatoms.